The van der Waals surface area contributed by atoms with E-state index in [1.165, 1.54) is 138 Å². The van der Waals surface area contributed by atoms with Gasteiger partial charge in [-0.3, -0.25) is 4.55 Å². The maximum Gasteiger partial charge on any atom is 2.00 e. The third-order valence-corrected chi connectivity index (χ3v) is 12.2. The maximum atomic E-state index is 11.7. The number of phenols is 1. The van der Waals surface area contributed by atoms with Crippen molar-refractivity contribution < 1.29 is 45.6 Å². The van der Waals surface area contributed by atoms with Crippen molar-refractivity contribution in [3.63, 3.8) is 0 Å². The fourth-order valence-corrected chi connectivity index (χ4v) is 8.47. The summed E-state index contributed by atoms with van der Waals surface area (Å²) in [5.74, 6) is 2.00. The van der Waals surface area contributed by atoms with Crippen LogP contribution < -0.4 is 14.6 Å². The van der Waals surface area contributed by atoms with E-state index >= 15 is 0 Å². The summed E-state index contributed by atoms with van der Waals surface area (Å²) in [6, 6.07) is 21.2. The fourth-order valence-electron chi connectivity index (χ4n) is 7.02. The van der Waals surface area contributed by atoms with Crippen LogP contribution in [0.1, 0.15) is 153 Å². The minimum absolute atomic E-state index is 0. The summed E-state index contributed by atoms with van der Waals surface area (Å²) in [5, 5.41) is 20.6. The van der Waals surface area contributed by atoms with Crippen molar-refractivity contribution in [2.24, 2.45) is 0 Å². The van der Waals surface area contributed by atoms with Gasteiger partial charge in [-0.25, -0.2) is 8.42 Å². The molecule has 332 valence electrons. The van der Waals surface area contributed by atoms with E-state index in [1.807, 2.05) is 0 Å². The quantitative estimate of drug-likeness (QED) is 0.0317. The normalized spacial score (nSPS) is 11.3. The van der Waals surface area contributed by atoms with Crippen molar-refractivity contribution in [3.05, 3.63) is 96.1 Å². The number of unbranched alkanes of at least 4 members (excludes halogenated alkanes) is 18. The topological polar surface area (TPSA) is 173 Å². The molecule has 0 unspecified atom stereocenters. The first-order chi connectivity index (χ1) is 28.8. The average Bonchev–Trinajstić information content (AvgIpc) is 3.20. The molecule has 0 atom stereocenters. The van der Waals surface area contributed by atoms with Crippen LogP contribution >= 0.6 is 0 Å². The number of hydrogen-bond acceptors (Lipinski definition) is 9. The van der Waals surface area contributed by atoms with Crippen LogP contribution in [0.4, 0.5) is 0 Å². The van der Waals surface area contributed by atoms with E-state index < -0.39 is 20.2 Å². The number of benzene rings is 4. The van der Waals surface area contributed by atoms with E-state index in [4.69, 9.17) is 9.47 Å². The molecule has 4 aromatic rings. The first-order valence-corrected chi connectivity index (χ1v) is 24.8. The van der Waals surface area contributed by atoms with Crippen molar-refractivity contribution >= 4 is 58.0 Å². The zero-order valence-corrected chi connectivity index (χ0v) is 40.2. The van der Waals surface area contributed by atoms with Crippen LogP contribution in [0.2, 0.25) is 0 Å². The van der Waals surface area contributed by atoms with Crippen LogP contribution in [0.5, 0.6) is 34.5 Å². The summed E-state index contributed by atoms with van der Waals surface area (Å²) < 4.78 is 79.3. The standard InChI is InChI=1S/2C24H34O5S.Ca/c2*1-2-3-4-5-6-7-8-9-10-11-12-20-19-23(17-18-24(20)30(26,27)28)29-22-15-13-21(25)14-16-22;/h2*13-19,25H,2-12H2,1H3,(H,26,27,28);/q;;+2/p-2. The monoisotopic (exact) mass is 906 g/mol. The summed E-state index contributed by atoms with van der Waals surface area (Å²) in [4.78, 5) is -0.239. The Bertz CT molecular complexity index is 1870. The number of aromatic hydroxyl groups is 1. The largest absolute Gasteiger partial charge is 2.00 e. The molecule has 0 radical (unpaired) electrons. The Morgan fingerprint density at radius 3 is 1.18 bits per heavy atom. The SMILES string of the molecule is CCCCCCCCCCCCc1cc(Oc2ccc(O)cc2)ccc1S(=O)(=O)O.CCCCCCCCCCCCc1cc(Oc2ccc([O-])cc2)ccc1S(=O)(=O)[O-].[Ca+2]. The number of hydrogen-bond donors (Lipinski definition) is 2. The Morgan fingerprint density at radius 2 is 0.803 bits per heavy atom. The van der Waals surface area contributed by atoms with Crippen LogP contribution in [-0.2, 0) is 33.1 Å². The molecule has 0 spiro atoms. The van der Waals surface area contributed by atoms with Gasteiger partial charge in [-0.2, -0.15) is 8.42 Å². The van der Waals surface area contributed by atoms with Gasteiger partial charge in [0.1, 0.15) is 38.9 Å². The van der Waals surface area contributed by atoms with E-state index in [2.05, 4.69) is 13.8 Å². The second-order valence-electron chi connectivity index (χ2n) is 15.5. The molecule has 0 saturated carbocycles. The van der Waals surface area contributed by atoms with Crippen LogP contribution in [0, 0.1) is 0 Å². The Morgan fingerprint density at radius 1 is 0.475 bits per heavy atom. The van der Waals surface area contributed by atoms with Gasteiger partial charge in [0.2, 0.25) is 0 Å². The molecule has 0 amide bonds. The Balaban J connectivity index is 0.000000413. The van der Waals surface area contributed by atoms with E-state index in [9.17, 15) is 36.2 Å². The molecule has 4 rings (SSSR count). The molecule has 0 fully saturated rings. The van der Waals surface area contributed by atoms with E-state index in [1.54, 1.807) is 36.4 Å². The summed E-state index contributed by atoms with van der Waals surface area (Å²) in [6.45, 7) is 4.44. The molecule has 0 aromatic heterocycles. The zero-order valence-electron chi connectivity index (χ0n) is 36.3. The van der Waals surface area contributed by atoms with Crippen molar-refractivity contribution in [1.29, 1.82) is 0 Å². The first-order valence-electron chi connectivity index (χ1n) is 21.9. The van der Waals surface area contributed by atoms with Gasteiger partial charge >= 0.3 is 37.7 Å². The molecule has 4 aromatic carbocycles. The molecular weight excluding hydrogens is 841 g/mol. The number of phenolic OH excluding ortho intramolecular Hbond substituents is 1. The van der Waals surface area contributed by atoms with Crippen LogP contribution in [0.15, 0.2) is 94.7 Å². The Hall–Kier alpha value is -2.84. The van der Waals surface area contributed by atoms with Gasteiger partial charge in [0.25, 0.3) is 10.1 Å². The van der Waals surface area contributed by atoms with Gasteiger partial charge in [0, 0.05) is 0 Å². The molecule has 0 bridgehead atoms. The van der Waals surface area contributed by atoms with Gasteiger partial charge in [-0.05, 0) is 110 Å². The minimum Gasteiger partial charge on any atom is -0.872 e. The van der Waals surface area contributed by atoms with E-state index in [-0.39, 0.29) is 59.0 Å². The molecule has 0 heterocycles. The summed E-state index contributed by atoms with van der Waals surface area (Å²) in [5.41, 5.74) is 1.05. The number of aryl methyl sites for hydroxylation is 2. The van der Waals surface area contributed by atoms with Crippen molar-refractivity contribution in [3.8, 4) is 34.5 Å². The molecule has 13 heteroatoms. The van der Waals surface area contributed by atoms with Crippen LogP contribution in [0.25, 0.3) is 0 Å². The summed E-state index contributed by atoms with van der Waals surface area (Å²) in [7, 11) is -8.82. The molecular formula is C48H66CaO10S2. The predicted molar refractivity (Wildman–Crippen MR) is 242 cm³/mol. The Labute approximate surface area is 396 Å². The molecule has 10 nitrogen and oxygen atoms in total. The minimum atomic E-state index is -4.54. The van der Waals surface area contributed by atoms with Gasteiger partial charge in [-0.15, -0.1) is 5.75 Å². The molecule has 61 heavy (non-hydrogen) atoms. The van der Waals surface area contributed by atoms with Gasteiger partial charge in [-0.1, -0.05) is 142 Å². The third kappa shape index (κ3) is 22.9. The molecule has 0 aliphatic rings. The maximum absolute atomic E-state index is 11.7. The Kier molecular flexibility index (Phi) is 27.0. The second kappa shape index (κ2) is 30.3. The molecule has 2 N–H and O–H groups in total. The van der Waals surface area contributed by atoms with Crippen molar-refractivity contribution in [1.82, 2.24) is 0 Å². The first kappa shape index (κ1) is 54.3. The van der Waals surface area contributed by atoms with Crippen LogP contribution in [0.3, 0.4) is 0 Å². The molecule has 0 saturated heterocycles. The average molecular weight is 907 g/mol. The van der Waals surface area contributed by atoms with Crippen molar-refractivity contribution in [2.45, 2.75) is 165 Å². The number of rotatable bonds is 28. The smallest absolute Gasteiger partial charge is 0.872 e. The molecule has 0 aliphatic carbocycles. The third-order valence-electron chi connectivity index (χ3n) is 10.3. The van der Waals surface area contributed by atoms with Gasteiger partial charge in [0.05, 0.1) is 9.79 Å². The van der Waals surface area contributed by atoms with Crippen LogP contribution in [-0.4, -0.2) is 68.8 Å². The van der Waals surface area contributed by atoms with E-state index in [0.717, 1.165) is 38.5 Å². The summed E-state index contributed by atoms with van der Waals surface area (Å²) in [6.07, 6.45) is 25.0. The second-order valence-corrected chi connectivity index (χ2v) is 18.2. The fraction of sp³-hybridized carbons (Fsp3) is 0.500. The van der Waals surface area contributed by atoms with Gasteiger partial charge in [0.15, 0.2) is 0 Å². The van der Waals surface area contributed by atoms with Gasteiger partial charge < -0.3 is 24.2 Å². The zero-order chi connectivity index (χ0) is 43.6. The number of ether oxygens (including phenoxy) is 2. The molecule has 0 aliphatic heterocycles. The predicted octanol–water partition coefficient (Wildman–Crippen LogP) is 12.4. The summed E-state index contributed by atoms with van der Waals surface area (Å²) >= 11 is 0. The van der Waals surface area contributed by atoms with E-state index in [0.29, 0.717) is 47.0 Å². The van der Waals surface area contributed by atoms with Crippen molar-refractivity contribution in [2.75, 3.05) is 0 Å².